The Morgan fingerprint density at radius 3 is 1.55 bits per heavy atom. The highest BCUT2D eigenvalue weighted by Gasteiger charge is 2.36. The Bertz CT molecular complexity index is 1880. The lowest BCUT2D eigenvalue weighted by Gasteiger charge is -2.29. The van der Waals surface area contributed by atoms with Crippen molar-refractivity contribution in [3.63, 3.8) is 0 Å². The summed E-state index contributed by atoms with van der Waals surface area (Å²) in [5.74, 6) is -6.84. The maximum absolute atomic E-state index is 13.9. The molecule has 10 N–H and O–H groups in total. The molecule has 0 radical (unpaired) electrons. The molecule has 4 rings (SSSR count). The number of aromatic amines is 1. The molecule has 1 aliphatic rings. The fraction of sp³-hybridized carbons (Fsp3) is 0.462. The van der Waals surface area contributed by atoms with E-state index in [1.165, 1.54) is 6.92 Å². The molecule has 0 unspecified atom stereocenters. The van der Waals surface area contributed by atoms with Gasteiger partial charge in [-0.25, -0.2) is 0 Å². The monoisotopic (exact) mass is 776 g/mol. The number of aliphatic hydroxyl groups is 2. The number of aromatic nitrogens is 1. The van der Waals surface area contributed by atoms with Gasteiger partial charge in [-0.1, -0.05) is 76.2 Å². The molecule has 17 heteroatoms. The van der Waals surface area contributed by atoms with Gasteiger partial charge >= 0.3 is 0 Å². The van der Waals surface area contributed by atoms with Crippen LogP contribution in [0, 0.1) is 11.8 Å². The summed E-state index contributed by atoms with van der Waals surface area (Å²) in [6.45, 7) is 6.25. The average Bonchev–Trinajstić information content (AvgIpc) is 3.58. The molecule has 0 aliphatic carbocycles. The van der Waals surface area contributed by atoms with Crippen molar-refractivity contribution < 1.29 is 43.8 Å². The van der Waals surface area contributed by atoms with Gasteiger partial charge in [-0.2, -0.15) is 0 Å². The van der Waals surface area contributed by atoms with Crippen molar-refractivity contribution in [1.82, 2.24) is 42.2 Å². The molecule has 2 heterocycles. The van der Waals surface area contributed by atoms with Crippen LogP contribution in [-0.4, -0.2) is 112 Å². The summed E-state index contributed by atoms with van der Waals surface area (Å²) in [6, 6.07) is 6.58. The van der Waals surface area contributed by atoms with Crippen LogP contribution in [0.1, 0.15) is 45.7 Å². The molecule has 0 saturated carbocycles. The molecule has 7 atom stereocenters. The second-order valence-electron chi connectivity index (χ2n) is 14.6. The third-order valence-electron chi connectivity index (χ3n) is 9.52. The fourth-order valence-electron chi connectivity index (χ4n) is 6.23. The van der Waals surface area contributed by atoms with E-state index in [0.717, 1.165) is 10.9 Å². The fourth-order valence-corrected chi connectivity index (χ4v) is 6.23. The first kappa shape index (κ1) is 42.9. The predicted octanol–water partition coefficient (Wildman–Crippen LogP) is -1.32. The van der Waals surface area contributed by atoms with Crippen molar-refractivity contribution in [3.8, 4) is 0 Å². The molecular formula is C39H52N8O9. The van der Waals surface area contributed by atoms with E-state index in [2.05, 4.69) is 42.2 Å². The van der Waals surface area contributed by atoms with E-state index in [-0.39, 0.29) is 12.8 Å². The SMILES string of the molecule is CC(C)[C@H]1NC(=O)[C@H](Cc2ccccc2)NC(=O)[C@@H](C(C)C)NC(=O)[C@@H](C)NC(=O)[C@H](CO)NC(=O)[C@@H](Cc2c[nH]c3ccccc23)NC(=O)[C@@H](CO)NC1=O. The number of hydrogen-bond acceptors (Lipinski definition) is 9. The Labute approximate surface area is 324 Å². The minimum absolute atomic E-state index is 0.0130. The van der Waals surface area contributed by atoms with Gasteiger partial charge in [-0.05, 0) is 36.0 Å². The maximum Gasteiger partial charge on any atom is 0.245 e. The number of rotatable bonds is 8. The van der Waals surface area contributed by atoms with E-state index in [1.54, 1.807) is 76.4 Å². The van der Waals surface area contributed by atoms with Gasteiger partial charge in [-0.3, -0.25) is 33.6 Å². The van der Waals surface area contributed by atoms with Crippen LogP contribution in [0.3, 0.4) is 0 Å². The number of carbonyl (C=O) groups excluding carboxylic acids is 7. The van der Waals surface area contributed by atoms with Gasteiger partial charge in [0, 0.05) is 29.9 Å². The smallest absolute Gasteiger partial charge is 0.245 e. The summed E-state index contributed by atoms with van der Waals surface area (Å²) in [5.41, 5.74) is 2.05. The molecule has 1 aliphatic heterocycles. The number of H-pyrrole nitrogens is 1. The summed E-state index contributed by atoms with van der Waals surface area (Å²) in [6.07, 6.45) is 1.55. The van der Waals surface area contributed by atoms with E-state index >= 15 is 0 Å². The van der Waals surface area contributed by atoms with Gasteiger partial charge in [0.05, 0.1) is 13.2 Å². The van der Waals surface area contributed by atoms with E-state index in [4.69, 9.17) is 0 Å². The van der Waals surface area contributed by atoms with Crippen LogP contribution in [-0.2, 0) is 46.4 Å². The standard InChI is InChI=1S/C39H52N8O9/c1-20(2)31-38(55)43-27(15-23-11-7-6-8-12-23)35(52)47-32(21(3)4)39(56)45-30(19-49)37(54)42-28(16-24-17-40-26-14-10-9-13-25(24)26)34(51)44-29(18-48)36(53)41-22(5)33(50)46-31/h6-14,17,20-22,27-32,40,48-49H,15-16,18-19H2,1-5H3,(H,41,53)(H,42,54)(H,43,55)(H,44,51)(H,45,56)(H,46,50)(H,47,52)/t22-,27+,28-,29+,30-,31-,32-/m1/s1. The average molecular weight is 777 g/mol. The molecule has 2 aromatic carbocycles. The van der Waals surface area contributed by atoms with Crippen LogP contribution in [0.25, 0.3) is 10.9 Å². The highest BCUT2D eigenvalue weighted by Crippen LogP contribution is 2.19. The summed E-state index contributed by atoms with van der Waals surface area (Å²) < 4.78 is 0. The third kappa shape index (κ3) is 11.1. The molecule has 7 amide bonds. The number of amides is 7. The summed E-state index contributed by atoms with van der Waals surface area (Å²) in [4.78, 5) is 98.7. The molecule has 56 heavy (non-hydrogen) atoms. The van der Waals surface area contributed by atoms with Crippen molar-refractivity contribution in [1.29, 1.82) is 0 Å². The van der Waals surface area contributed by atoms with Gasteiger partial charge in [0.2, 0.25) is 41.4 Å². The zero-order chi connectivity index (χ0) is 41.1. The lowest BCUT2D eigenvalue weighted by Crippen LogP contribution is -2.61. The summed E-state index contributed by atoms with van der Waals surface area (Å²) in [7, 11) is 0. The Hall–Kier alpha value is -5.81. The van der Waals surface area contributed by atoms with Crippen LogP contribution in [0.4, 0.5) is 0 Å². The highest BCUT2D eigenvalue weighted by atomic mass is 16.3. The zero-order valence-electron chi connectivity index (χ0n) is 32.1. The van der Waals surface area contributed by atoms with E-state index in [0.29, 0.717) is 11.1 Å². The van der Waals surface area contributed by atoms with Crippen molar-refractivity contribution in [2.75, 3.05) is 13.2 Å². The quantitative estimate of drug-likeness (QED) is 0.130. The van der Waals surface area contributed by atoms with Crippen molar-refractivity contribution >= 4 is 52.3 Å². The largest absolute Gasteiger partial charge is 0.394 e. The lowest BCUT2D eigenvalue weighted by atomic mass is 9.99. The molecule has 3 aromatic rings. The maximum atomic E-state index is 13.9. The minimum atomic E-state index is -1.59. The van der Waals surface area contributed by atoms with E-state index < -0.39 is 109 Å². The Morgan fingerprint density at radius 2 is 0.964 bits per heavy atom. The highest BCUT2D eigenvalue weighted by molar-refractivity contribution is 5.99. The molecular weight excluding hydrogens is 724 g/mol. The lowest BCUT2D eigenvalue weighted by molar-refractivity contribution is -0.136. The Kier molecular flexibility index (Phi) is 15.1. The van der Waals surface area contributed by atoms with Crippen LogP contribution in [0.5, 0.6) is 0 Å². The van der Waals surface area contributed by atoms with Crippen LogP contribution >= 0.6 is 0 Å². The first-order chi connectivity index (χ1) is 26.6. The molecule has 17 nitrogen and oxygen atoms in total. The predicted molar refractivity (Wildman–Crippen MR) is 205 cm³/mol. The first-order valence-corrected chi connectivity index (χ1v) is 18.6. The van der Waals surface area contributed by atoms with Gasteiger partial charge in [0.1, 0.15) is 42.3 Å². The number of hydrogen-bond donors (Lipinski definition) is 10. The zero-order valence-corrected chi connectivity index (χ0v) is 32.1. The van der Waals surface area contributed by atoms with Crippen molar-refractivity contribution in [2.24, 2.45) is 11.8 Å². The normalized spacial score (nSPS) is 25.3. The molecule has 1 saturated heterocycles. The van der Waals surface area contributed by atoms with E-state index in [1.807, 2.05) is 12.1 Å². The van der Waals surface area contributed by atoms with Crippen LogP contribution < -0.4 is 37.2 Å². The summed E-state index contributed by atoms with van der Waals surface area (Å²) >= 11 is 0. The number of benzene rings is 2. The second-order valence-corrected chi connectivity index (χ2v) is 14.6. The minimum Gasteiger partial charge on any atom is -0.394 e. The van der Waals surface area contributed by atoms with Gasteiger partial charge in [0.25, 0.3) is 0 Å². The number of carbonyl (C=O) groups is 7. The van der Waals surface area contributed by atoms with E-state index in [9.17, 15) is 43.8 Å². The number of fused-ring (bicyclic) bond motifs is 1. The van der Waals surface area contributed by atoms with Crippen LogP contribution in [0.15, 0.2) is 60.8 Å². The Morgan fingerprint density at radius 1 is 0.518 bits per heavy atom. The molecule has 1 fully saturated rings. The Balaban J connectivity index is 1.73. The molecule has 0 bridgehead atoms. The third-order valence-corrected chi connectivity index (χ3v) is 9.52. The van der Waals surface area contributed by atoms with Crippen LogP contribution in [0.2, 0.25) is 0 Å². The van der Waals surface area contributed by atoms with Crippen molar-refractivity contribution in [2.45, 2.75) is 89.8 Å². The molecule has 0 spiro atoms. The molecule has 302 valence electrons. The topological polar surface area (TPSA) is 260 Å². The number of para-hydroxylation sites is 1. The first-order valence-electron chi connectivity index (χ1n) is 18.6. The van der Waals surface area contributed by atoms with Gasteiger partial charge in [-0.15, -0.1) is 0 Å². The van der Waals surface area contributed by atoms with Gasteiger partial charge in [0.15, 0.2) is 0 Å². The summed E-state index contributed by atoms with van der Waals surface area (Å²) in [5, 5.41) is 39.1. The molecule has 1 aromatic heterocycles. The van der Waals surface area contributed by atoms with Gasteiger partial charge < -0.3 is 52.4 Å². The van der Waals surface area contributed by atoms with Crippen molar-refractivity contribution in [3.05, 3.63) is 71.9 Å². The second kappa shape index (κ2) is 19.7. The number of nitrogens with one attached hydrogen (secondary N) is 8. The number of aliphatic hydroxyl groups excluding tert-OH is 2.